The molecule has 1 aromatic rings. The molecule has 2 amide bonds. The molecule has 1 rings (SSSR count). The van der Waals surface area contributed by atoms with E-state index in [2.05, 4.69) is 10.0 Å². The molecule has 8 heteroatoms. The van der Waals surface area contributed by atoms with E-state index >= 15 is 0 Å². The topological polar surface area (TPSA) is 118 Å². The van der Waals surface area contributed by atoms with E-state index < -0.39 is 27.4 Å². The van der Waals surface area contributed by atoms with Crippen LogP contribution in [0.3, 0.4) is 0 Å². The Morgan fingerprint density at radius 3 is 2.22 bits per heavy atom. The van der Waals surface area contributed by atoms with Gasteiger partial charge in [0.05, 0.1) is 4.90 Å². The molecule has 0 bridgehead atoms. The molecule has 23 heavy (non-hydrogen) atoms. The van der Waals surface area contributed by atoms with Crippen LogP contribution in [0, 0.1) is 12.3 Å². The zero-order valence-corrected chi connectivity index (χ0v) is 14.7. The fourth-order valence-corrected chi connectivity index (χ4v) is 3.73. The van der Waals surface area contributed by atoms with Crippen molar-refractivity contribution < 1.29 is 18.0 Å². The van der Waals surface area contributed by atoms with Crippen LogP contribution in [0.5, 0.6) is 0 Å². The maximum absolute atomic E-state index is 12.6. The lowest BCUT2D eigenvalue weighted by Crippen LogP contribution is -2.51. The van der Waals surface area contributed by atoms with Crippen LogP contribution in [-0.2, 0) is 19.6 Å². The summed E-state index contributed by atoms with van der Waals surface area (Å²) in [4.78, 5) is 22.7. The van der Waals surface area contributed by atoms with E-state index in [0.29, 0.717) is 11.3 Å². The van der Waals surface area contributed by atoms with Gasteiger partial charge in [0.1, 0.15) is 6.04 Å². The van der Waals surface area contributed by atoms with E-state index in [1.54, 1.807) is 39.8 Å². The highest BCUT2D eigenvalue weighted by molar-refractivity contribution is 7.89. The average Bonchev–Trinajstić information content (AvgIpc) is 2.36. The Hall–Kier alpha value is -1.93. The number of nitrogens with two attached hydrogens (primary N) is 1. The van der Waals surface area contributed by atoms with E-state index in [9.17, 15) is 18.0 Å². The van der Waals surface area contributed by atoms with Crippen LogP contribution in [0.1, 0.15) is 33.3 Å². The van der Waals surface area contributed by atoms with Crippen LogP contribution in [-0.4, -0.2) is 26.3 Å². The van der Waals surface area contributed by atoms with E-state index in [1.807, 2.05) is 0 Å². The zero-order chi connectivity index (χ0) is 18.0. The normalized spacial score (nSPS) is 13.4. The molecule has 0 aromatic heterocycles. The fraction of sp³-hybridized carbons (Fsp3) is 0.467. The average molecular weight is 341 g/mol. The van der Waals surface area contributed by atoms with Crippen LogP contribution in [0.2, 0.25) is 0 Å². The van der Waals surface area contributed by atoms with Crippen LogP contribution in [0.15, 0.2) is 23.1 Å². The predicted molar refractivity (Wildman–Crippen MR) is 88.2 cm³/mol. The third kappa shape index (κ3) is 5.04. The Morgan fingerprint density at radius 2 is 1.78 bits per heavy atom. The van der Waals surface area contributed by atoms with Crippen molar-refractivity contribution >= 4 is 27.5 Å². The smallest absolute Gasteiger partial charge is 0.241 e. The van der Waals surface area contributed by atoms with Crippen molar-refractivity contribution in [1.82, 2.24) is 4.72 Å². The van der Waals surface area contributed by atoms with Crippen molar-refractivity contribution in [3.63, 3.8) is 0 Å². The molecular weight excluding hydrogens is 318 g/mol. The zero-order valence-electron chi connectivity index (χ0n) is 13.9. The van der Waals surface area contributed by atoms with Crippen molar-refractivity contribution in [3.8, 4) is 0 Å². The van der Waals surface area contributed by atoms with Gasteiger partial charge in [0.2, 0.25) is 21.8 Å². The Labute approximate surface area is 136 Å². The molecule has 0 radical (unpaired) electrons. The summed E-state index contributed by atoms with van der Waals surface area (Å²) < 4.78 is 27.6. The van der Waals surface area contributed by atoms with Gasteiger partial charge < -0.3 is 11.1 Å². The lowest BCUT2D eigenvalue weighted by molar-refractivity contribution is -0.121. The van der Waals surface area contributed by atoms with Gasteiger partial charge in [0.15, 0.2) is 0 Å². The van der Waals surface area contributed by atoms with Crippen molar-refractivity contribution in [2.24, 2.45) is 11.1 Å². The minimum atomic E-state index is -3.98. The Balaban J connectivity index is 3.27. The lowest BCUT2D eigenvalue weighted by Gasteiger charge is -2.28. The van der Waals surface area contributed by atoms with Crippen LogP contribution < -0.4 is 15.8 Å². The van der Waals surface area contributed by atoms with E-state index in [-0.39, 0.29) is 10.8 Å². The van der Waals surface area contributed by atoms with Crippen molar-refractivity contribution in [2.75, 3.05) is 5.32 Å². The molecule has 0 aliphatic rings. The van der Waals surface area contributed by atoms with Gasteiger partial charge >= 0.3 is 0 Å². The molecule has 0 aliphatic carbocycles. The molecule has 1 aromatic carbocycles. The van der Waals surface area contributed by atoms with Crippen molar-refractivity contribution in [2.45, 2.75) is 45.6 Å². The first-order valence-corrected chi connectivity index (χ1v) is 8.53. The number of carbonyl (C=O) groups excluding carboxylic acids is 2. The predicted octanol–water partition coefficient (Wildman–Crippen LogP) is 1.13. The fourth-order valence-electron chi connectivity index (χ4n) is 2.05. The van der Waals surface area contributed by atoms with Crippen molar-refractivity contribution in [3.05, 3.63) is 23.8 Å². The van der Waals surface area contributed by atoms with Gasteiger partial charge in [-0.05, 0) is 30.0 Å². The number of sulfonamides is 1. The quantitative estimate of drug-likeness (QED) is 0.744. The number of hydrogen-bond donors (Lipinski definition) is 3. The first-order valence-electron chi connectivity index (χ1n) is 7.04. The molecule has 0 heterocycles. The first-order chi connectivity index (χ1) is 10.3. The van der Waals surface area contributed by atoms with E-state index in [0.717, 1.165) is 0 Å². The van der Waals surface area contributed by atoms with Gasteiger partial charge in [0, 0.05) is 12.6 Å². The summed E-state index contributed by atoms with van der Waals surface area (Å²) in [6.07, 6.45) is 0. The number of benzene rings is 1. The summed E-state index contributed by atoms with van der Waals surface area (Å²) in [5.74, 6) is -1.06. The van der Waals surface area contributed by atoms with Crippen LogP contribution in [0.25, 0.3) is 0 Å². The van der Waals surface area contributed by atoms with Gasteiger partial charge in [-0.25, -0.2) is 8.42 Å². The molecule has 7 nitrogen and oxygen atoms in total. The molecule has 0 saturated carbocycles. The number of amides is 2. The van der Waals surface area contributed by atoms with E-state index in [1.165, 1.54) is 13.0 Å². The Kier molecular flexibility index (Phi) is 5.55. The number of hydrogen-bond acceptors (Lipinski definition) is 4. The summed E-state index contributed by atoms with van der Waals surface area (Å²) in [7, 11) is -3.98. The van der Waals surface area contributed by atoms with Crippen LogP contribution in [0.4, 0.5) is 5.69 Å². The van der Waals surface area contributed by atoms with Crippen LogP contribution >= 0.6 is 0 Å². The summed E-state index contributed by atoms with van der Waals surface area (Å²) in [6, 6.07) is 3.47. The molecule has 0 fully saturated rings. The minimum Gasteiger partial charge on any atom is -0.368 e. The maximum atomic E-state index is 12.6. The van der Waals surface area contributed by atoms with Gasteiger partial charge in [0.25, 0.3) is 0 Å². The molecule has 1 unspecified atom stereocenters. The second-order valence-corrected chi connectivity index (χ2v) is 8.17. The van der Waals surface area contributed by atoms with Crippen molar-refractivity contribution in [1.29, 1.82) is 0 Å². The number of carbonyl (C=O) groups is 2. The number of aryl methyl sites for hydroxylation is 1. The molecular formula is C15H23N3O4S. The first kappa shape index (κ1) is 19.1. The third-order valence-corrected chi connectivity index (χ3v) is 4.79. The highest BCUT2D eigenvalue weighted by Gasteiger charge is 2.34. The second kappa shape index (κ2) is 6.67. The summed E-state index contributed by atoms with van der Waals surface area (Å²) in [5.41, 5.74) is 5.49. The standard InChI is InChI=1S/C15H23N3O4S/c1-9-6-7-11(17-10(2)19)8-12(9)23(21,22)18-13(14(16)20)15(3,4)5/h6-8,13,18H,1-5H3,(H2,16,20)(H,17,19). The maximum Gasteiger partial charge on any atom is 0.241 e. The molecule has 4 N–H and O–H groups in total. The number of nitrogens with one attached hydrogen (secondary N) is 2. The molecule has 128 valence electrons. The summed E-state index contributed by atoms with van der Waals surface area (Å²) in [6.45, 7) is 8.10. The highest BCUT2D eigenvalue weighted by atomic mass is 32.2. The van der Waals surface area contributed by atoms with Gasteiger partial charge in [-0.1, -0.05) is 26.8 Å². The molecule has 1 atom stereocenters. The Morgan fingerprint density at radius 1 is 1.22 bits per heavy atom. The van der Waals surface area contributed by atoms with Gasteiger partial charge in [-0.3, -0.25) is 9.59 Å². The number of primary amides is 1. The number of rotatable bonds is 5. The number of anilines is 1. The van der Waals surface area contributed by atoms with Gasteiger partial charge in [-0.2, -0.15) is 4.72 Å². The monoisotopic (exact) mass is 341 g/mol. The van der Waals surface area contributed by atoms with E-state index in [4.69, 9.17) is 5.73 Å². The third-order valence-electron chi connectivity index (χ3n) is 3.22. The molecule has 0 saturated heterocycles. The lowest BCUT2D eigenvalue weighted by atomic mass is 9.87. The Bertz CT molecular complexity index is 721. The second-order valence-electron chi connectivity index (χ2n) is 6.48. The SMILES string of the molecule is CC(=O)Nc1ccc(C)c(S(=O)(=O)NC(C(N)=O)C(C)(C)C)c1. The minimum absolute atomic E-state index is 0.0146. The highest BCUT2D eigenvalue weighted by Crippen LogP contribution is 2.24. The molecule has 0 spiro atoms. The summed E-state index contributed by atoms with van der Waals surface area (Å²) >= 11 is 0. The van der Waals surface area contributed by atoms with Gasteiger partial charge in [-0.15, -0.1) is 0 Å². The summed E-state index contributed by atoms with van der Waals surface area (Å²) in [5, 5.41) is 2.53. The molecule has 0 aliphatic heterocycles. The largest absolute Gasteiger partial charge is 0.368 e.